The zero-order valence-corrected chi connectivity index (χ0v) is 8.65. The third-order valence-electron chi connectivity index (χ3n) is 2.07. The summed E-state index contributed by atoms with van der Waals surface area (Å²) < 4.78 is 36.5. The molecule has 2 N–H and O–H groups in total. The lowest BCUT2D eigenvalue weighted by Gasteiger charge is -2.13. The molecule has 0 fully saturated rings. The normalized spacial score (nSPS) is 13.2. The van der Waals surface area contributed by atoms with Crippen LogP contribution in [-0.2, 0) is 6.18 Å². The lowest BCUT2D eigenvalue weighted by Crippen LogP contribution is -2.38. The molecule has 0 saturated heterocycles. The van der Waals surface area contributed by atoms with Crippen molar-refractivity contribution in [2.45, 2.75) is 19.1 Å². The van der Waals surface area contributed by atoms with Gasteiger partial charge in [-0.25, -0.2) is 4.79 Å². The van der Waals surface area contributed by atoms with E-state index in [-0.39, 0.29) is 10.3 Å². The Labute approximate surface area is 94.1 Å². The molecule has 0 unspecified atom stereocenters. The van der Waals surface area contributed by atoms with E-state index in [9.17, 15) is 23.2 Å². The van der Waals surface area contributed by atoms with Crippen molar-refractivity contribution in [1.29, 1.82) is 0 Å². The zero-order chi connectivity index (χ0) is 13.2. The second-order valence-corrected chi connectivity index (χ2v) is 3.34. The first-order valence-corrected chi connectivity index (χ1v) is 4.51. The largest absolute Gasteiger partial charge is 0.618 e. The van der Waals surface area contributed by atoms with Gasteiger partial charge in [0.05, 0.1) is 6.04 Å². The number of hydrogen-bond donors (Lipinski definition) is 2. The number of alkyl halides is 3. The summed E-state index contributed by atoms with van der Waals surface area (Å²) in [7, 11) is 0. The third-order valence-corrected chi connectivity index (χ3v) is 2.07. The topological polar surface area (TPSA) is 76.3 Å². The van der Waals surface area contributed by atoms with E-state index >= 15 is 0 Å². The van der Waals surface area contributed by atoms with E-state index < -0.39 is 24.0 Å². The van der Waals surface area contributed by atoms with Crippen molar-refractivity contribution in [2.75, 3.05) is 0 Å². The van der Waals surface area contributed by atoms with Gasteiger partial charge in [-0.1, -0.05) is 0 Å². The van der Waals surface area contributed by atoms with Gasteiger partial charge in [0.15, 0.2) is 6.20 Å². The lowest BCUT2D eigenvalue weighted by molar-refractivity contribution is -0.629. The van der Waals surface area contributed by atoms with E-state index in [1.807, 2.05) is 5.32 Å². The number of nitrogens with one attached hydrogen (secondary N) is 1. The average Bonchev–Trinajstić information content (AvgIpc) is 2.14. The Balaban J connectivity index is 3.00. The van der Waals surface area contributed by atoms with Crippen LogP contribution in [0.5, 0.6) is 0 Å². The van der Waals surface area contributed by atoms with Gasteiger partial charge in [0, 0.05) is 11.6 Å². The molecule has 0 radical (unpaired) electrons. The second kappa shape index (κ2) is 4.48. The molecule has 5 nitrogen and oxygen atoms in total. The summed E-state index contributed by atoms with van der Waals surface area (Å²) in [6.07, 6.45) is -5.36. The molecule has 0 aromatic carbocycles. The molecular formula is C9H9F3N2O3. The molecule has 0 saturated carbocycles. The molecule has 17 heavy (non-hydrogen) atoms. The van der Waals surface area contributed by atoms with Crippen LogP contribution in [0.1, 0.15) is 24.2 Å². The van der Waals surface area contributed by atoms with Crippen LogP contribution in [-0.4, -0.2) is 11.2 Å². The zero-order valence-electron chi connectivity index (χ0n) is 8.65. The molecule has 1 aromatic heterocycles. The fraction of sp³-hybridized carbons (Fsp3) is 0.333. The second-order valence-electron chi connectivity index (χ2n) is 3.34. The van der Waals surface area contributed by atoms with Crippen LogP contribution in [0.2, 0.25) is 0 Å². The SMILES string of the molecule is C[C@@H](NC(=O)O)c1ccc(C(F)(F)F)[n+]([O-])c1. The van der Waals surface area contributed by atoms with E-state index in [1.165, 1.54) is 6.92 Å². The summed E-state index contributed by atoms with van der Waals surface area (Å²) in [5.41, 5.74) is -1.20. The van der Waals surface area contributed by atoms with E-state index in [1.54, 1.807) is 0 Å². The average molecular weight is 250 g/mol. The van der Waals surface area contributed by atoms with E-state index in [0.717, 1.165) is 6.07 Å². The number of halogens is 3. The van der Waals surface area contributed by atoms with Crippen LogP contribution in [0.15, 0.2) is 18.3 Å². The maximum absolute atomic E-state index is 12.3. The third kappa shape index (κ3) is 3.23. The van der Waals surface area contributed by atoms with E-state index in [0.29, 0.717) is 12.3 Å². The van der Waals surface area contributed by atoms with Gasteiger partial charge in [-0.05, 0) is 13.0 Å². The van der Waals surface area contributed by atoms with Crippen molar-refractivity contribution in [2.24, 2.45) is 0 Å². The molecule has 0 spiro atoms. The van der Waals surface area contributed by atoms with Gasteiger partial charge in [-0.2, -0.15) is 17.9 Å². The summed E-state index contributed by atoms with van der Waals surface area (Å²) in [4.78, 5) is 10.3. The highest BCUT2D eigenvalue weighted by Gasteiger charge is 2.39. The molecular weight excluding hydrogens is 241 g/mol. The molecule has 0 bridgehead atoms. The van der Waals surface area contributed by atoms with Crippen molar-refractivity contribution in [3.8, 4) is 0 Å². The molecule has 1 rings (SSSR count). The van der Waals surface area contributed by atoms with Crippen LogP contribution >= 0.6 is 0 Å². The Bertz CT molecular complexity index is 434. The van der Waals surface area contributed by atoms with Gasteiger partial charge in [0.2, 0.25) is 0 Å². The maximum Gasteiger partial charge on any atom is 0.478 e. The molecule has 1 atom stereocenters. The Morgan fingerprint density at radius 2 is 2.12 bits per heavy atom. The minimum atomic E-state index is -4.73. The predicted octanol–water partition coefficient (Wildman–Crippen LogP) is 1.67. The number of pyridine rings is 1. The van der Waals surface area contributed by atoms with E-state index in [2.05, 4.69) is 0 Å². The van der Waals surface area contributed by atoms with Crippen LogP contribution in [0.4, 0.5) is 18.0 Å². The van der Waals surface area contributed by atoms with Crippen LogP contribution in [0, 0.1) is 5.21 Å². The van der Waals surface area contributed by atoms with Crippen LogP contribution < -0.4 is 10.0 Å². The van der Waals surface area contributed by atoms with Gasteiger partial charge < -0.3 is 15.6 Å². The van der Waals surface area contributed by atoms with Crippen molar-refractivity contribution in [1.82, 2.24) is 5.32 Å². The highest BCUT2D eigenvalue weighted by atomic mass is 19.4. The number of amides is 1. The monoisotopic (exact) mass is 250 g/mol. The summed E-state index contributed by atoms with van der Waals surface area (Å²) >= 11 is 0. The number of carboxylic acid groups (broad SMARTS) is 1. The Morgan fingerprint density at radius 3 is 2.53 bits per heavy atom. The first-order chi connectivity index (χ1) is 7.71. The number of rotatable bonds is 2. The van der Waals surface area contributed by atoms with E-state index in [4.69, 9.17) is 5.11 Å². The fourth-order valence-electron chi connectivity index (χ4n) is 1.24. The number of aromatic nitrogens is 1. The lowest BCUT2D eigenvalue weighted by atomic mass is 10.1. The molecule has 1 aromatic rings. The number of hydrogen-bond acceptors (Lipinski definition) is 2. The van der Waals surface area contributed by atoms with Gasteiger partial charge >= 0.3 is 12.3 Å². The molecule has 1 heterocycles. The van der Waals surface area contributed by atoms with Crippen molar-refractivity contribution in [3.63, 3.8) is 0 Å². The molecule has 1 amide bonds. The van der Waals surface area contributed by atoms with Gasteiger partial charge in [0.25, 0.3) is 5.69 Å². The van der Waals surface area contributed by atoms with Crippen molar-refractivity contribution < 1.29 is 27.8 Å². The maximum atomic E-state index is 12.3. The van der Waals surface area contributed by atoms with Gasteiger partial charge in [0.1, 0.15) is 0 Å². The number of nitrogens with zero attached hydrogens (tertiary/aromatic N) is 1. The summed E-state index contributed by atoms with van der Waals surface area (Å²) in [5, 5.41) is 21.5. The first-order valence-electron chi connectivity index (χ1n) is 4.51. The van der Waals surface area contributed by atoms with Gasteiger partial charge in [-0.15, -0.1) is 0 Å². The first kappa shape index (κ1) is 13.1. The summed E-state index contributed by atoms with van der Waals surface area (Å²) in [6, 6.07) is 0.898. The standard InChI is InChI=1S/C9H9F3N2O3/c1-5(13-8(15)16)6-2-3-7(9(10,11)12)14(17)4-6/h2-5,13H,1H3,(H,15,16)/t5-/m1/s1. The molecule has 8 heteroatoms. The minimum absolute atomic E-state index is 0.149. The van der Waals surface area contributed by atoms with Crippen LogP contribution in [0.25, 0.3) is 0 Å². The Hall–Kier alpha value is -1.99. The predicted molar refractivity (Wildman–Crippen MR) is 50.0 cm³/mol. The minimum Gasteiger partial charge on any atom is -0.618 e. The highest BCUT2D eigenvalue weighted by Crippen LogP contribution is 2.26. The molecule has 0 aliphatic carbocycles. The Morgan fingerprint density at radius 1 is 1.53 bits per heavy atom. The van der Waals surface area contributed by atoms with Crippen molar-refractivity contribution in [3.05, 3.63) is 34.8 Å². The summed E-state index contributed by atoms with van der Waals surface area (Å²) in [6.45, 7) is 1.41. The molecule has 0 aliphatic heterocycles. The fourth-order valence-corrected chi connectivity index (χ4v) is 1.24. The van der Waals surface area contributed by atoms with Crippen LogP contribution in [0.3, 0.4) is 0 Å². The van der Waals surface area contributed by atoms with Crippen molar-refractivity contribution >= 4 is 6.09 Å². The smallest absolute Gasteiger partial charge is 0.478 e. The van der Waals surface area contributed by atoms with Gasteiger partial charge in [-0.3, -0.25) is 0 Å². The number of carbonyl (C=O) groups is 1. The molecule has 94 valence electrons. The molecule has 0 aliphatic rings. The highest BCUT2D eigenvalue weighted by molar-refractivity contribution is 5.65. The quantitative estimate of drug-likeness (QED) is 0.619. The Kier molecular flexibility index (Phi) is 3.45. The summed E-state index contributed by atoms with van der Waals surface area (Å²) in [5.74, 6) is 0.